The molecule has 0 amide bonds. The van der Waals surface area contributed by atoms with Gasteiger partial charge in [-0.15, -0.1) is 0 Å². The number of nitrogens with one attached hydrogen (secondary N) is 1. The van der Waals surface area contributed by atoms with E-state index in [0.29, 0.717) is 6.61 Å². The van der Waals surface area contributed by atoms with Crippen molar-refractivity contribution in [3.05, 3.63) is 58.5 Å². The van der Waals surface area contributed by atoms with Crippen molar-refractivity contribution in [2.75, 3.05) is 0 Å². The maximum atomic E-state index is 11.4. The molecule has 0 saturated heterocycles. The number of hydrogen-bond donors (Lipinski definition) is 1. The third-order valence-corrected chi connectivity index (χ3v) is 3.44. The zero-order valence-electron chi connectivity index (χ0n) is 10.1. The second-order valence-electron chi connectivity index (χ2n) is 4.71. The summed E-state index contributed by atoms with van der Waals surface area (Å²) >= 11 is 0. The van der Waals surface area contributed by atoms with E-state index in [4.69, 9.17) is 4.74 Å². The topological polar surface area (TPSA) is 47.0 Å². The molecule has 0 aliphatic heterocycles. The average Bonchev–Trinajstić information content (AvgIpc) is 2.75. The highest BCUT2D eigenvalue weighted by atomic mass is 16.5. The Labute approximate surface area is 105 Å². The number of aromatic amines is 1. The van der Waals surface area contributed by atoms with Crippen LogP contribution in [0.3, 0.4) is 0 Å². The lowest BCUT2D eigenvalue weighted by molar-refractivity contribution is -0.0390. The molecule has 1 aromatic heterocycles. The van der Waals surface area contributed by atoms with Crippen LogP contribution in [0.1, 0.15) is 24.4 Å². The fourth-order valence-electron chi connectivity index (χ4n) is 2.29. The Morgan fingerprint density at radius 2 is 2.00 bits per heavy atom. The lowest BCUT2D eigenvalue weighted by atomic mass is 9.89. The number of H-pyrrole nitrogens is 1. The van der Waals surface area contributed by atoms with Gasteiger partial charge in [0.1, 0.15) is 0 Å². The van der Waals surface area contributed by atoms with Crippen molar-refractivity contribution in [2.45, 2.75) is 31.6 Å². The van der Waals surface area contributed by atoms with Gasteiger partial charge in [0.2, 0.25) is 0 Å². The Morgan fingerprint density at radius 3 is 2.67 bits per heavy atom. The summed E-state index contributed by atoms with van der Waals surface area (Å²) in [6.45, 7) is 0.651. The van der Waals surface area contributed by atoms with Crippen molar-refractivity contribution >= 4 is 0 Å². The van der Waals surface area contributed by atoms with Crippen LogP contribution in [0.15, 0.2) is 47.4 Å². The van der Waals surface area contributed by atoms with Crippen LogP contribution in [0.5, 0.6) is 0 Å². The molecule has 94 valence electrons. The van der Waals surface area contributed by atoms with Crippen LogP contribution in [-0.4, -0.2) is 15.9 Å². The summed E-state index contributed by atoms with van der Waals surface area (Å²) in [6.07, 6.45) is 3.77. The predicted molar refractivity (Wildman–Crippen MR) is 68.3 cm³/mol. The molecule has 0 atom stereocenters. The van der Waals surface area contributed by atoms with Gasteiger partial charge in [-0.05, 0) is 18.4 Å². The van der Waals surface area contributed by atoms with Crippen molar-refractivity contribution in [3.8, 4) is 0 Å². The molecule has 1 saturated carbocycles. The maximum absolute atomic E-state index is 11.4. The standard InChI is InChI=1S/C14H16N2O2/c17-14-6-7-15-16(14)12-8-13(9-12)18-10-11-4-2-1-3-5-11/h1-7,12-13,15H,8-10H2. The van der Waals surface area contributed by atoms with Gasteiger partial charge in [-0.25, -0.2) is 0 Å². The monoisotopic (exact) mass is 244 g/mol. The molecule has 4 nitrogen and oxygen atoms in total. The van der Waals surface area contributed by atoms with Crippen molar-refractivity contribution in [3.63, 3.8) is 0 Å². The summed E-state index contributed by atoms with van der Waals surface area (Å²) in [5.74, 6) is 0. The van der Waals surface area contributed by atoms with Gasteiger partial charge in [0.05, 0.1) is 18.8 Å². The first-order valence-corrected chi connectivity index (χ1v) is 6.24. The summed E-state index contributed by atoms with van der Waals surface area (Å²) in [4.78, 5) is 11.4. The van der Waals surface area contributed by atoms with E-state index in [9.17, 15) is 4.79 Å². The van der Waals surface area contributed by atoms with Gasteiger partial charge in [0.15, 0.2) is 0 Å². The Balaban J connectivity index is 1.49. The first-order valence-electron chi connectivity index (χ1n) is 6.24. The van der Waals surface area contributed by atoms with E-state index >= 15 is 0 Å². The smallest absolute Gasteiger partial charge is 0.266 e. The molecule has 3 rings (SSSR count). The van der Waals surface area contributed by atoms with Gasteiger partial charge >= 0.3 is 0 Å². The molecular weight excluding hydrogens is 228 g/mol. The molecule has 1 aliphatic carbocycles. The van der Waals surface area contributed by atoms with E-state index in [2.05, 4.69) is 17.2 Å². The second kappa shape index (κ2) is 4.82. The molecule has 1 aliphatic rings. The largest absolute Gasteiger partial charge is 0.373 e. The molecule has 0 radical (unpaired) electrons. The second-order valence-corrected chi connectivity index (χ2v) is 4.71. The molecule has 0 spiro atoms. The van der Waals surface area contributed by atoms with E-state index in [1.54, 1.807) is 16.9 Å². The number of benzene rings is 1. The Morgan fingerprint density at radius 1 is 1.22 bits per heavy atom. The minimum Gasteiger partial charge on any atom is -0.373 e. The van der Waals surface area contributed by atoms with E-state index < -0.39 is 0 Å². The van der Waals surface area contributed by atoms with Crippen molar-refractivity contribution in [1.29, 1.82) is 0 Å². The van der Waals surface area contributed by atoms with Gasteiger partial charge in [-0.2, -0.15) is 0 Å². The summed E-state index contributed by atoms with van der Waals surface area (Å²) in [6, 6.07) is 12.0. The van der Waals surface area contributed by atoms with Gasteiger partial charge < -0.3 is 9.84 Å². The van der Waals surface area contributed by atoms with E-state index in [1.165, 1.54) is 5.56 Å². The van der Waals surface area contributed by atoms with Gasteiger partial charge in [-0.1, -0.05) is 30.3 Å². The van der Waals surface area contributed by atoms with E-state index in [1.807, 2.05) is 18.2 Å². The first-order chi connectivity index (χ1) is 8.83. The minimum atomic E-state index is 0.0431. The number of nitrogens with zero attached hydrogens (tertiary/aromatic N) is 1. The summed E-state index contributed by atoms with van der Waals surface area (Å²) in [5.41, 5.74) is 1.24. The predicted octanol–water partition coefficient (Wildman–Crippen LogP) is 2.10. The highest BCUT2D eigenvalue weighted by Gasteiger charge is 2.32. The van der Waals surface area contributed by atoms with Crippen LogP contribution in [0.4, 0.5) is 0 Å². The number of ether oxygens (including phenoxy) is 1. The fraction of sp³-hybridized carbons (Fsp3) is 0.357. The van der Waals surface area contributed by atoms with E-state index in [0.717, 1.165) is 12.8 Å². The Hall–Kier alpha value is -1.81. The normalized spacial score (nSPS) is 22.7. The lowest BCUT2D eigenvalue weighted by Gasteiger charge is -2.35. The quantitative estimate of drug-likeness (QED) is 0.895. The molecule has 18 heavy (non-hydrogen) atoms. The van der Waals surface area contributed by atoms with Crippen LogP contribution in [0.25, 0.3) is 0 Å². The molecular formula is C14H16N2O2. The minimum absolute atomic E-state index is 0.0431. The number of hydrogen-bond acceptors (Lipinski definition) is 2. The van der Waals surface area contributed by atoms with Gasteiger partial charge in [-0.3, -0.25) is 9.48 Å². The zero-order valence-corrected chi connectivity index (χ0v) is 10.1. The average molecular weight is 244 g/mol. The summed E-state index contributed by atoms with van der Waals surface area (Å²) in [5, 5.41) is 2.95. The van der Waals surface area contributed by atoms with Crippen LogP contribution < -0.4 is 5.56 Å². The lowest BCUT2D eigenvalue weighted by Crippen LogP contribution is -2.37. The zero-order chi connectivity index (χ0) is 12.4. The molecule has 0 bridgehead atoms. The SMILES string of the molecule is O=c1cc[nH]n1C1CC(OCc2ccccc2)C1. The highest BCUT2D eigenvalue weighted by molar-refractivity contribution is 5.13. The highest BCUT2D eigenvalue weighted by Crippen LogP contribution is 2.33. The van der Waals surface area contributed by atoms with Crippen molar-refractivity contribution in [1.82, 2.24) is 9.78 Å². The van der Waals surface area contributed by atoms with E-state index in [-0.39, 0.29) is 17.7 Å². The van der Waals surface area contributed by atoms with Crippen molar-refractivity contribution in [2.24, 2.45) is 0 Å². The first kappa shape index (κ1) is 11.3. The Kier molecular flexibility index (Phi) is 3.02. The fourth-order valence-corrected chi connectivity index (χ4v) is 2.29. The maximum Gasteiger partial charge on any atom is 0.266 e. The molecule has 1 fully saturated rings. The van der Waals surface area contributed by atoms with Crippen LogP contribution >= 0.6 is 0 Å². The molecule has 2 aromatic rings. The summed E-state index contributed by atoms with van der Waals surface area (Å²) in [7, 11) is 0. The van der Waals surface area contributed by atoms with Crippen LogP contribution in [0.2, 0.25) is 0 Å². The molecule has 1 aromatic carbocycles. The third-order valence-electron chi connectivity index (χ3n) is 3.44. The summed E-state index contributed by atoms with van der Waals surface area (Å²) < 4.78 is 7.49. The van der Waals surface area contributed by atoms with Gasteiger partial charge in [0.25, 0.3) is 5.56 Å². The molecule has 1 heterocycles. The van der Waals surface area contributed by atoms with Crippen LogP contribution in [0, 0.1) is 0 Å². The number of rotatable bonds is 4. The van der Waals surface area contributed by atoms with Crippen molar-refractivity contribution < 1.29 is 4.74 Å². The van der Waals surface area contributed by atoms with Crippen LogP contribution in [-0.2, 0) is 11.3 Å². The number of aromatic nitrogens is 2. The molecule has 1 N–H and O–H groups in total. The van der Waals surface area contributed by atoms with Gasteiger partial charge in [0, 0.05) is 12.3 Å². The molecule has 4 heteroatoms. The molecule has 0 unspecified atom stereocenters. The Bertz CT molecular complexity index is 552. The third kappa shape index (κ3) is 2.24.